The summed E-state index contributed by atoms with van der Waals surface area (Å²) in [5, 5.41) is 26.9. The fourth-order valence-corrected chi connectivity index (χ4v) is 1.07. The van der Waals surface area contributed by atoms with Gasteiger partial charge in [-0.15, -0.1) is 0 Å². The topological polar surface area (TPSA) is 69.9 Å². The second-order valence-electron chi connectivity index (χ2n) is 2.45. The fraction of sp³-hybridized carbons (Fsp3) is 1.00. The molecule has 4 heteroatoms. The summed E-state index contributed by atoms with van der Waals surface area (Å²) < 4.78 is 4.79. The minimum Gasteiger partial charge on any atom is -0.387 e. The molecule has 1 saturated heterocycles. The first kappa shape index (κ1) is 7.94. The Hall–Kier alpha value is -0.160. The lowest BCUT2D eigenvalue weighted by Gasteiger charge is -2.10. The third kappa shape index (κ3) is 1.15. The maximum atomic E-state index is 9.09. The Morgan fingerprint density at radius 2 is 1.80 bits per heavy atom. The van der Waals surface area contributed by atoms with Gasteiger partial charge >= 0.3 is 0 Å². The Labute approximate surface area is 59.1 Å². The Morgan fingerprint density at radius 1 is 1.20 bits per heavy atom. The van der Waals surface area contributed by atoms with Crippen LogP contribution in [-0.4, -0.2) is 39.9 Å². The van der Waals surface area contributed by atoms with Gasteiger partial charge in [-0.3, -0.25) is 0 Å². The van der Waals surface area contributed by atoms with E-state index in [1.807, 2.05) is 6.92 Å². The third-order valence-electron chi connectivity index (χ3n) is 1.74. The minimum atomic E-state index is -1.22. The number of aliphatic hydroxyl groups excluding tert-OH is 3. The van der Waals surface area contributed by atoms with Crippen molar-refractivity contribution >= 4 is 0 Å². The first-order chi connectivity index (χ1) is 4.66. The van der Waals surface area contributed by atoms with E-state index >= 15 is 0 Å². The van der Waals surface area contributed by atoms with Crippen LogP contribution in [0.25, 0.3) is 0 Å². The van der Waals surface area contributed by atoms with E-state index in [4.69, 9.17) is 20.1 Å². The summed E-state index contributed by atoms with van der Waals surface area (Å²) in [5.41, 5.74) is 0. The van der Waals surface area contributed by atoms with Crippen LogP contribution in [0.1, 0.15) is 13.3 Å². The monoisotopic (exact) mass is 148 g/mol. The Kier molecular flexibility index (Phi) is 2.25. The summed E-state index contributed by atoms with van der Waals surface area (Å²) in [7, 11) is 0. The molecule has 60 valence electrons. The van der Waals surface area contributed by atoms with Crippen molar-refractivity contribution in [3.8, 4) is 0 Å². The van der Waals surface area contributed by atoms with Gasteiger partial charge < -0.3 is 20.1 Å². The molecule has 3 N–H and O–H groups in total. The smallest absolute Gasteiger partial charge is 0.183 e. The molecule has 4 nitrogen and oxygen atoms in total. The Balaban J connectivity index is 2.53. The molecular formula is C6H12O4. The number of aliphatic hydroxyl groups is 3. The van der Waals surface area contributed by atoms with Gasteiger partial charge in [-0.25, -0.2) is 0 Å². The van der Waals surface area contributed by atoms with Gasteiger partial charge in [0, 0.05) is 0 Å². The molecule has 0 amide bonds. The molecule has 0 aromatic heterocycles. The second-order valence-corrected chi connectivity index (χ2v) is 2.45. The molecule has 1 aliphatic heterocycles. The van der Waals surface area contributed by atoms with Crippen LogP contribution in [-0.2, 0) is 4.74 Å². The van der Waals surface area contributed by atoms with E-state index in [0.717, 1.165) is 0 Å². The minimum absolute atomic E-state index is 0.426. The van der Waals surface area contributed by atoms with Crippen molar-refractivity contribution in [1.29, 1.82) is 0 Å². The molecule has 0 spiro atoms. The van der Waals surface area contributed by atoms with Crippen molar-refractivity contribution < 1.29 is 20.1 Å². The average molecular weight is 148 g/mol. The molecular weight excluding hydrogens is 136 g/mol. The summed E-state index contributed by atoms with van der Waals surface area (Å²) >= 11 is 0. The number of rotatable bonds is 1. The first-order valence-electron chi connectivity index (χ1n) is 3.36. The summed E-state index contributed by atoms with van der Waals surface area (Å²) in [6.07, 6.45) is -3.15. The van der Waals surface area contributed by atoms with Crippen molar-refractivity contribution in [2.45, 2.75) is 37.9 Å². The van der Waals surface area contributed by atoms with Crippen molar-refractivity contribution in [3.63, 3.8) is 0 Å². The van der Waals surface area contributed by atoms with Gasteiger partial charge in [0.1, 0.15) is 12.2 Å². The van der Waals surface area contributed by atoms with Crippen LogP contribution in [0.3, 0.4) is 0 Å². The van der Waals surface area contributed by atoms with Gasteiger partial charge in [0.05, 0.1) is 6.10 Å². The Morgan fingerprint density at radius 3 is 2.00 bits per heavy atom. The number of hydrogen-bond donors (Lipinski definition) is 3. The molecule has 0 aromatic rings. The molecule has 2 unspecified atom stereocenters. The quantitative estimate of drug-likeness (QED) is 0.438. The van der Waals surface area contributed by atoms with Crippen molar-refractivity contribution in [1.82, 2.24) is 0 Å². The predicted molar refractivity (Wildman–Crippen MR) is 33.2 cm³/mol. The van der Waals surface area contributed by atoms with Crippen LogP contribution in [0.5, 0.6) is 0 Å². The zero-order valence-electron chi connectivity index (χ0n) is 5.77. The molecule has 0 saturated carbocycles. The highest BCUT2D eigenvalue weighted by atomic mass is 16.6. The van der Waals surface area contributed by atoms with Gasteiger partial charge in [-0.05, 0) is 6.42 Å². The lowest BCUT2D eigenvalue weighted by atomic mass is 10.1. The van der Waals surface area contributed by atoms with E-state index in [0.29, 0.717) is 6.42 Å². The predicted octanol–water partition coefficient (Wildman–Crippen LogP) is -1.16. The second kappa shape index (κ2) is 2.84. The van der Waals surface area contributed by atoms with Gasteiger partial charge in [-0.1, -0.05) is 6.92 Å². The Bertz CT molecular complexity index is 116. The average Bonchev–Trinajstić information content (AvgIpc) is 2.17. The summed E-state index contributed by atoms with van der Waals surface area (Å²) in [6, 6.07) is 0. The molecule has 4 atom stereocenters. The van der Waals surface area contributed by atoms with Gasteiger partial charge in [-0.2, -0.15) is 0 Å². The normalized spacial score (nSPS) is 48.0. The summed E-state index contributed by atoms with van der Waals surface area (Å²) in [5.74, 6) is 0. The zero-order valence-corrected chi connectivity index (χ0v) is 5.77. The van der Waals surface area contributed by atoms with E-state index in [9.17, 15) is 0 Å². The van der Waals surface area contributed by atoms with Gasteiger partial charge in [0.2, 0.25) is 0 Å². The zero-order chi connectivity index (χ0) is 7.72. The van der Waals surface area contributed by atoms with E-state index in [-0.39, 0.29) is 0 Å². The highest BCUT2D eigenvalue weighted by Crippen LogP contribution is 2.21. The first-order valence-corrected chi connectivity index (χ1v) is 3.36. The molecule has 0 aliphatic carbocycles. The fourth-order valence-electron chi connectivity index (χ4n) is 1.07. The van der Waals surface area contributed by atoms with Crippen LogP contribution >= 0.6 is 0 Å². The van der Waals surface area contributed by atoms with Crippen molar-refractivity contribution in [2.75, 3.05) is 0 Å². The van der Waals surface area contributed by atoms with Crippen molar-refractivity contribution in [3.05, 3.63) is 0 Å². The molecule has 1 rings (SSSR count). The number of hydrogen-bond acceptors (Lipinski definition) is 4. The van der Waals surface area contributed by atoms with Gasteiger partial charge in [0.15, 0.2) is 6.29 Å². The van der Waals surface area contributed by atoms with Crippen LogP contribution in [0.4, 0.5) is 0 Å². The van der Waals surface area contributed by atoms with E-state index in [2.05, 4.69) is 0 Å². The maximum Gasteiger partial charge on any atom is 0.183 e. The lowest BCUT2D eigenvalue weighted by Crippen LogP contribution is -2.31. The molecule has 1 heterocycles. The highest BCUT2D eigenvalue weighted by Gasteiger charge is 2.40. The van der Waals surface area contributed by atoms with Crippen molar-refractivity contribution in [2.24, 2.45) is 0 Å². The van der Waals surface area contributed by atoms with E-state index < -0.39 is 24.6 Å². The van der Waals surface area contributed by atoms with E-state index in [1.165, 1.54) is 0 Å². The number of ether oxygens (including phenoxy) is 1. The largest absolute Gasteiger partial charge is 0.387 e. The molecule has 1 aliphatic rings. The van der Waals surface area contributed by atoms with Crippen LogP contribution < -0.4 is 0 Å². The molecule has 0 radical (unpaired) electrons. The summed E-state index contributed by atoms with van der Waals surface area (Å²) in [6.45, 7) is 1.82. The molecule has 0 aromatic carbocycles. The van der Waals surface area contributed by atoms with Crippen LogP contribution in [0, 0.1) is 0 Å². The van der Waals surface area contributed by atoms with Crippen LogP contribution in [0.2, 0.25) is 0 Å². The maximum absolute atomic E-state index is 9.09. The SMILES string of the molecule is CC[C@H]1O[C@@H](O)C(O)C1O. The third-order valence-corrected chi connectivity index (χ3v) is 1.74. The summed E-state index contributed by atoms with van der Waals surface area (Å²) in [4.78, 5) is 0. The lowest BCUT2D eigenvalue weighted by molar-refractivity contribution is -0.127. The molecule has 1 fully saturated rings. The standard InChI is InChI=1S/C6H12O4/c1-2-3-4(7)5(8)6(9)10-3/h3-9H,2H2,1H3/t3-,4?,5?,6-/m1/s1. The van der Waals surface area contributed by atoms with Crippen LogP contribution in [0.15, 0.2) is 0 Å². The molecule has 10 heavy (non-hydrogen) atoms. The molecule has 0 bridgehead atoms. The highest BCUT2D eigenvalue weighted by molar-refractivity contribution is 4.84. The van der Waals surface area contributed by atoms with Gasteiger partial charge in [0.25, 0.3) is 0 Å². The van der Waals surface area contributed by atoms with E-state index in [1.54, 1.807) is 0 Å².